The van der Waals surface area contributed by atoms with Crippen LogP contribution in [0.2, 0.25) is 18.1 Å². The third kappa shape index (κ3) is 3.82. The monoisotopic (exact) mass is 493 g/mol. The number of nitrogens with zero attached hydrogens (tertiary/aromatic N) is 3. The minimum Gasteiger partial charge on any atom is -0.414 e. The van der Waals surface area contributed by atoms with Crippen molar-refractivity contribution in [1.29, 1.82) is 5.26 Å². The molecule has 174 valence electrons. The Morgan fingerprint density at radius 3 is 2.59 bits per heavy atom. The van der Waals surface area contributed by atoms with Crippen LogP contribution in [0, 0.1) is 11.3 Å². The van der Waals surface area contributed by atoms with Gasteiger partial charge in [0, 0.05) is 10.8 Å². The van der Waals surface area contributed by atoms with Gasteiger partial charge < -0.3 is 18.6 Å². The van der Waals surface area contributed by atoms with E-state index >= 15 is 0 Å². The number of rotatable bonds is 5. The minimum absolute atomic E-state index is 0.0682. The second kappa shape index (κ2) is 8.01. The van der Waals surface area contributed by atoms with Crippen LogP contribution in [0.4, 0.5) is 0 Å². The fourth-order valence-electron chi connectivity index (χ4n) is 3.97. The standard InChI is InChI=1S/C22H31N3O4S2Si/c1-20(2,3)32(7,8)26-9-14-16-17(29-21(4,5)28-16)22(11-23,27-14)18-15-13(10-31-18)19(30-6)25-12-24-15/h10,12,14,16-17H,9H2,1-8H3/t14-,16-,17-,22-/m1/s1. The number of fused-ring (bicyclic) bond motifs is 2. The first kappa shape index (κ1) is 24.1. The normalized spacial score (nSPS) is 29.9. The molecule has 0 N–H and O–H groups in total. The summed E-state index contributed by atoms with van der Waals surface area (Å²) in [5.41, 5.74) is -0.593. The van der Waals surface area contributed by atoms with Gasteiger partial charge >= 0.3 is 0 Å². The van der Waals surface area contributed by atoms with E-state index in [-0.39, 0.29) is 5.04 Å². The Hall–Kier alpha value is -1.06. The van der Waals surface area contributed by atoms with E-state index in [2.05, 4.69) is 49.9 Å². The van der Waals surface area contributed by atoms with E-state index in [1.54, 1.807) is 11.8 Å². The van der Waals surface area contributed by atoms with Crippen LogP contribution in [0.25, 0.3) is 10.9 Å². The number of aromatic nitrogens is 2. The second-order valence-electron chi connectivity index (χ2n) is 10.3. The maximum Gasteiger partial charge on any atom is 0.220 e. The molecule has 7 nitrogen and oxygen atoms in total. The summed E-state index contributed by atoms with van der Waals surface area (Å²) in [6.07, 6.45) is 2.11. The van der Waals surface area contributed by atoms with Crippen molar-refractivity contribution in [2.24, 2.45) is 0 Å². The molecular weight excluding hydrogens is 462 g/mol. The van der Waals surface area contributed by atoms with Gasteiger partial charge in [-0.15, -0.1) is 23.1 Å². The van der Waals surface area contributed by atoms with Gasteiger partial charge in [0.25, 0.3) is 0 Å². The van der Waals surface area contributed by atoms with Crippen molar-refractivity contribution < 1.29 is 18.6 Å². The molecule has 2 aliphatic rings. The Bertz CT molecular complexity index is 1060. The van der Waals surface area contributed by atoms with Crippen LogP contribution < -0.4 is 0 Å². The highest BCUT2D eigenvalue weighted by Crippen LogP contribution is 2.52. The van der Waals surface area contributed by atoms with Crippen molar-refractivity contribution >= 4 is 42.3 Å². The van der Waals surface area contributed by atoms with Crippen molar-refractivity contribution in [2.45, 2.75) is 87.5 Å². The van der Waals surface area contributed by atoms with Crippen molar-refractivity contribution in [2.75, 3.05) is 12.9 Å². The average Bonchev–Trinajstić information content (AvgIpc) is 3.35. The van der Waals surface area contributed by atoms with Gasteiger partial charge in [-0.2, -0.15) is 5.26 Å². The van der Waals surface area contributed by atoms with Crippen molar-refractivity contribution in [3.05, 3.63) is 16.6 Å². The number of hydrogen-bond donors (Lipinski definition) is 0. The highest BCUT2D eigenvalue weighted by Gasteiger charge is 2.65. The quantitative estimate of drug-likeness (QED) is 0.324. The Balaban J connectivity index is 1.74. The van der Waals surface area contributed by atoms with E-state index in [4.69, 9.17) is 18.6 Å². The van der Waals surface area contributed by atoms with Gasteiger partial charge in [-0.05, 0) is 38.2 Å². The molecule has 2 aromatic rings. The number of ether oxygens (including phenoxy) is 3. The summed E-state index contributed by atoms with van der Waals surface area (Å²) in [6.45, 7) is 15.1. The van der Waals surface area contributed by atoms with Crippen LogP contribution in [-0.2, 0) is 24.2 Å². The van der Waals surface area contributed by atoms with E-state index in [0.29, 0.717) is 6.61 Å². The third-order valence-corrected chi connectivity index (χ3v) is 13.0. The van der Waals surface area contributed by atoms with Crippen molar-refractivity contribution in [1.82, 2.24) is 9.97 Å². The second-order valence-corrected chi connectivity index (χ2v) is 16.8. The number of thiophene rings is 1. The molecule has 2 aromatic heterocycles. The molecule has 0 aromatic carbocycles. The molecule has 0 aliphatic carbocycles. The zero-order valence-electron chi connectivity index (χ0n) is 19.9. The molecular formula is C22H31N3O4S2Si. The number of nitriles is 1. The molecule has 2 aliphatic heterocycles. The lowest BCUT2D eigenvalue weighted by atomic mass is 9.93. The molecule has 10 heteroatoms. The predicted molar refractivity (Wildman–Crippen MR) is 128 cm³/mol. The maximum atomic E-state index is 10.5. The largest absolute Gasteiger partial charge is 0.414 e. The fraction of sp³-hybridized carbons (Fsp3) is 0.682. The summed E-state index contributed by atoms with van der Waals surface area (Å²) in [5.74, 6) is -0.817. The van der Waals surface area contributed by atoms with Gasteiger partial charge in [-0.3, -0.25) is 0 Å². The van der Waals surface area contributed by atoms with Crippen LogP contribution in [0.15, 0.2) is 16.7 Å². The van der Waals surface area contributed by atoms with Crippen LogP contribution >= 0.6 is 23.1 Å². The van der Waals surface area contributed by atoms with E-state index in [9.17, 15) is 5.26 Å². The van der Waals surface area contributed by atoms with E-state index < -0.39 is 38.0 Å². The minimum atomic E-state index is -2.01. The molecule has 2 saturated heterocycles. The molecule has 4 heterocycles. The topological polar surface area (TPSA) is 86.5 Å². The Labute approximate surface area is 198 Å². The average molecular weight is 494 g/mol. The van der Waals surface area contributed by atoms with Crippen LogP contribution in [0.3, 0.4) is 0 Å². The number of hydrogen-bond acceptors (Lipinski definition) is 9. The van der Waals surface area contributed by atoms with Gasteiger partial charge in [-0.25, -0.2) is 9.97 Å². The SMILES string of the molecule is CSc1ncnc2c([C@]3(C#N)O[C@H](CO[Si](C)(C)C(C)(C)C)[C@H]4OC(C)(C)O[C@H]43)scc12. The van der Waals surface area contributed by atoms with E-state index in [1.807, 2.05) is 25.5 Å². The molecule has 0 amide bonds. The third-order valence-electron chi connectivity index (χ3n) is 6.70. The summed E-state index contributed by atoms with van der Waals surface area (Å²) in [4.78, 5) is 9.61. The van der Waals surface area contributed by atoms with Gasteiger partial charge in [0.15, 0.2) is 14.1 Å². The highest BCUT2D eigenvalue weighted by molar-refractivity contribution is 7.98. The summed E-state index contributed by atoms with van der Waals surface area (Å²) >= 11 is 3.02. The molecule has 0 spiro atoms. The van der Waals surface area contributed by atoms with Crippen LogP contribution in [-0.4, -0.2) is 55.2 Å². The fourth-order valence-corrected chi connectivity index (χ4v) is 6.71. The molecule has 2 fully saturated rings. The summed E-state index contributed by atoms with van der Waals surface area (Å²) in [5, 5.41) is 14.3. The summed E-state index contributed by atoms with van der Waals surface area (Å²) < 4.78 is 25.5. The zero-order valence-corrected chi connectivity index (χ0v) is 22.5. The Morgan fingerprint density at radius 1 is 1.25 bits per heavy atom. The maximum absolute atomic E-state index is 10.5. The molecule has 0 saturated carbocycles. The van der Waals surface area contributed by atoms with Gasteiger partial charge in [0.1, 0.15) is 35.7 Å². The lowest BCUT2D eigenvalue weighted by Gasteiger charge is -2.37. The molecule has 32 heavy (non-hydrogen) atoms. The van der Waals surface area contributed by atoms with E-state index in [0.717, 1.165) is 20.8 Å². The smallest absolute Gasteiger partial charge is 0.220 e. The Kier molecular flexibility index (Phi) is 6.03. The summed E-state index contributed by atoms with van der Waals surface area (Å²) in [6, 6.07) is 2.45. The highest BCUT2D eigenvalue weighted by atomic mass is 32.2. The first-order chi connectivity index (χ1) is 14.9. The lowest BCUT2D eigenvalue weighted by molar-refractivity contribution is -0.202. The molecule has 0 radical (unpaired) electrons. The molecule has 0 unspecified atom stereocenters. The first-order valence-electron chi connectivity index (χ1n) is 10.7. The number of thioether (sulfide) groups is 1. The molecule has 0 bridgehead atoms. The van der Waals surface area contributed by atoms with Crippen LogP contribution in [0.1, 0.15) is 39.5 Å². The van der Waals surface area contributed by atoms with Crippen molar-refractivity contribution in [3.63, 3.8) is 0 Å². The summed E-state index contributed by atoms with van der Waals surface area (Å²) in [7, 11) is -2.01. The van der Waals surface area contributed by atoms with Gasteiger partial charge in [0.05, 0.1) is 17.0 Å². The van der Waals surface area contributed by atoms with Crippen LogP contribution in [0.5, 0.6) is 0 Å². The van der Waals surface area contributed by atoms with Gasteiger partial charge in [-0.1, -0.05) is 20.8 Å². The predicted octanol–water partition coefficient (Wildman–Crippen LogP) is 5.07. The van der Waals surface area contributed by atoms with Crippen molar-refractivity contribution in [3.8, 4) is 6.07 Å². The lowest BCUT2D eigenvalue weighted by Crippen LogP contribution is -2.44. The first-order valence-corrected chi connectivity index (χ1v) is 15.7. The van der Waals surface area contributed by atoms with E-state index in [1.165, 1.54) is 17.7 Å². The zero-order chi connectivity index (χ0) is 23.5. The van der Waals surface area contributed by atoms with Gasteiger partial charge in [0.2, 0.25) is 5.60 Å². The molecule has 4 rings (SSSR count). The Morgan fingerprint density at radius 2 is 1.97 bits per heavy atom. The molecule has 4 atom stereocenters.